The molecule has 0 bridgehead atoms. The van der Waals surface area contributed by atoms with Crippen LogP contribution < -0.4 is 21.5 Å². The fourth-order valence-corrected chi connectivity index (χ4v) is 10.0. The first kappa shape index (κ1) is 39.2. The van der Waals surface area contributed by atoms with Gasteiger partial charge < -0.3 is 29.6 Å². The van der Waals surface area contributed by atoms with E-state index in [0.717, 1.165) is 118 Å². The molecule has 6 aromatic rings. The zero-order valence-corrected chi connectivity index (χ0v) is 34.3. The third-order valence-electron chi connectivity index (χ3n) is 13.4. The molecule has 4 aliphatic heterocycles. The van der Waals surface area contributed by atoms with Crippen molar-refractivity contribution in [2.45, 2.75) is 62.9 Å². The molecule has 0 radical (unpaired) electrons. The van der Waals surface area contributed by atoms with E-state index in [1.807, 2.05) is 66.7 Å². The van der Waals surface area contributed by atoms with Crippen molar-refractivity contribution in [3.05, 3.63) is 95.2 Å². The Kier molecular flexibility index (Phi) is 10.9. The Balaban J connectivity index is 0.687. The third-order valence-corrected chi connectivity index (χ3v) is 13.4. The Labute approximate surface area is 353 Å². The number of benzene rings is 3. The van der Waals surface area contributed by atoms with E-state index >= 15 is 0 Å². The highest BCUT2D eigenvalue weighted by molar-refractivity contribution is 6.00. The lowest BCUT2D eigenvalue weighted by atomic mass is 9.89. The average molecular weight is 825 g/mol. The van der Waals surface area contributed by atoms with E-state index < -0.39 is 17.7 Å². The van der Waals surface area contributed by atoms with Crippen LogP contribution in [0.15, 0.2) is 88.3 Å². The first-order chi connectivity index (χ1) is 29.8. The summed E-state index contributed by atoms with van der Waals surface area (Å²) in [5.74, 6) is 1.75. The van der Waals surface area contributed by atoms with Gasteiger partial charge in [0.05, 0.1) is 16.9 Å². The van der Waals surface area contributed by atoms with E-state index in [2.05, 4.69) is 40.7 Å². The zero-order valence-electron chi connectivity index (χ0n) is 34.3. The quantitative estimate of drug-likeness (QED) is 0.156. The number of aromatic nitrogens is 5. The minimum Gasteiger partial charge on any atom is -0.457 e. The molecule has 15 nitrogen and oxygen atoms in total. The molecule has 4 saturated heterocycles. The predicted octanol–water partition coefficient (Wildman–Crippen LogP) is 5.59. The van der Waals surface area contributed by atoms with E-state index in [-0.39, 0.29) is 18.4 Å². The molecule has 0 saturated carbocycles. The molecule has 0 aliphatic carbocycles. The molecule has 2 unspecified atom stereocenters. The van der Waals surface area contributed by atoms with Crippen molar-refractivity contribution in [1.82, 2.24) is 44.3 Å². The van der Waals surface area contributed by atoms with Crippen LogP contribution in [-0.4, -0.2) is 110 Å². The third kappa shape index (κ3) is 8.17. The summed E-state index contributed by atoms with van der Waals surface area (Å²) in [5.41, 5.74) is 11.3. The van der Waals surface area contributed by atoms with E-state index in [0.29, 0.717) is 35.2 Å². The predicted molar refractivity (Wildman–Crippen MR) is 231 cm³/mol. The summed E-state index contributed by atoms with van der Waals surface area (Å²) in [7, 11) is 0. The lowest BCUT2D eigenvalue weighted by Crippen LogP contribution is -2.43. The number of anilines is 1. The van der Waals surface area contributed by atoms with Crippen molar-refractivity contribution < 1.29 is 18.7 Å². The van der Waals surface area contributed by atoms with Gasteiger partial charge in [0.2, 0.25) is 11.8 Å². The van der Waals surface area contributed by atoms with Crippen molar-refractivity contribution in [2.24, 2.45) is 5.92 Å². The van der Waals surface area contributed by atoms with Gasteiger partial charge in [-0.2, -0.15) is 5.10 Å². The summed E-state index contributed by atoms with van der Waals surface area (Å²) in [4.78, 5) is 53.8. The number of likely N-dealkylation sites (tertiary alicyclic amines) is 3. The molecule has 10 rings (SSSR count). The van der Waals surface area contributed by atoms with Crippen molar-refractivity contribution in [1.29, 1.82) is 0 Å². The van der Waals surface area contributed by atoms with Crippen LogP contribution in [0.4, 0.5) is 5.82 Å². The number of imide groups is 1. The van der Waals surface area contributed by atoms with Gasteiger partial charge in [0, 0.05) is 51.3 Å². The van der Waals surface area contributed by atoms with Crippen LogP contribution in [0.25, 0.3) is 33.4 Å². The molecule has 2 amide bonds. The number of fused-ring (bicyclic) bond motifs is 2. The minimum atomic E-state index is -0.732. The van der Waals surface area contributed by atoms with Crippen LogP contribution in [0.2, 0.25) is 0 Å². The van der Waals surface area contributed by atoms with Gasteiger partial charge in [-0.25, -0.2) is 19.4 Å². The highest BCUT2D eigenvalue weighted by Gasteiger charge is 2.33. The molecular formula is C46H52N10O5. The molecule has 4 fully saturated rings. The number of oxazole rings is 1. The monoisotopic (exact) mass is 824 g/mol. The molecule has 7 heterocycles. The Morgan fingerprint density at radius 1 is 0.787 bits per heavy atom. The van der Waals surface area contributed by atoms with Crippen LogP contribution in [0.3, 0.4) is 0 Å². The maximum atomic E-state index is 12.8. The number of carbonyl (C=O) groups is 2. The maximum Gasteiger partial charge on any atom is 0.420 e. The van der Waals surface area contributed by atoms with Crippen molar-refractivity contribution in [3.63, 3.8) is 0 Å². The van der Waals surface area contributed by atoms with Crippen molar-refractivity contribution >= 4 is 39.8 Å². The molecule has 316 valence electrons. The second-order valence-corrected chi connectivity index (χ2v) is 17.2. The van der Waals surface area contributed by atoms with E-state index in [4.69, 9.17) is 20.0 Å². The second-order valence-electron chi connectivity index (χ2n) is 17.2. The van der Waals surface area contributed by atoms with Crippen LogP contribution in [0.1, 0.15) is 68.5 Å². The Morgan fingerprint density at radius 2 is 1.52 bits per heavy atom. The van der Waals surface area contributed by atoms with Gasteiger partial charge in [-0.1, -0.05) is 24.3 Å². The molecule has 3 N–H and O–H groups in total. The summed E-state index contributed by atoms with van der Waals surface area (Å²) >= 11 is 0. The first-order valence-electron chi connectivity index (χ1n) is 21.8. The molecule has 0 spiro atoms. The molecule has 15 heteroatoms. The van der Waals surface area contributed by atoms with Gasteiger partial charge >= 0.3 is 5.76 Å². The first-order valence-corrected chi connectivity index (χ1v) is 21.8. The van der Waals surface area contributed by atoms with E-state index in [9.17, 15) is 14.4 Å². The number of rotatable bonds is 11. The van der Waals surface area contributed by atoms with Gasteiger partial charge in [-0.05, 0) is 124 Å². The molecule has 2 atom stereocenters. The Morgan fingerprint density at radius 3 is 2.31 bits per heavy atom. The van der Waals surface area contributed by atoms with Gasteiger partial charge in [-0.3, -0.25) is 19.5 Å². The fourth-order valence-electron chi connectivity index (χ4n) is 10.0. The fraction of sp³-hybridized carbons (Fsp3) is 0.435. The standard InChI is InChI=1S/C46H52N10O5/c47-43-41-42(32-6-9-36(10-7-32)60-35-4-2-1-3-5-35)51-56(44(41)49-29-48-43)34-17-22-52(23-18-34)24-25-54-19-14-30(28-54)27-53-20-15-31(16-21-53)33-8-11-37-39(26-33)61-46(59)55(37)38-12-13-40(57)50-45(38)58/h1-11,26,29-31,34,38H,12-25,27-28H2,(H2,47,48,49)(H,50,57,58). The molecule has 61 heavy (non-hydrogen) atoms. The number of carbonyl (C=O) groups excluding carboxylic acids is 2. The van der Waals surface area contributed by atoms with Crippen LogP contribution in [-0.2, 0) is 9.59 Å². The van der Waals surface area contributed by atoms with Crippen LogP contribution >= 0.6 is 0 Å². The van der Waals surface area contributed by atoms with Crippen molar-refractivity contribution in [3.8, 4) is 22.8 Å². The SMILES string of the molecule is Nc1ncnc2c1c(-c1ccc(Oc3ccccc3)cc1)nn2C1CCN(CCN2CCC(CN3CCC(c4ccc5c(c4)oc(=O)n5C4CCC(=O)NC4=O)CC3)C2)CC1. The highest BCUT2D eigenvalue weighted by atomic mass is 16.5. The number of ether oxygens (including phenoxy) is 1. The number of para-hydroxylation sites is 1. The number of hydrogen-bond donors (Lipinski definition) is 2. The highest BCUT2D eigenvalue weighted by Crippen LogP contribution is 2.36. The van der Waals surface area contributed by atoms with Crippen LogP contribution in [0, 0.1) is 5.92 Å². The van der Waals surface area contributed by atoms with Gasteiger partial charge in [0.1, 0.15) is 35.4 Å². The molecule has 3 aromatic heterocycles. The molecule has 4 aliphatic rings. The summed E-state index contributed by atoms with van der Waals surface area (Å²) in [6.45, 7) is 9.75. The summed E-state index contributed by atoms with van der Waals surface area (Å²) in [6.07, 6.45) is 7.39. The number of nitrogen functional groups attached to an aromatic ring is 1. The topological polar surface area (TPSA) is 170 Å². The lowest BCUT2D eigenvalue weighted by molar-refractivity contribution is -0.135. The van der Waals surface area contributed by atoms with Gasteiger partial charge in [0.25, 0.3) is 0 Å². The zero-order chi connectivity index (χ0) is 41.5. The number of amides is 2. The number of hydrogen-bond acceptors (Lipinski definition) is 12. The lowest BCUT2D eigenvalue weighted by Gasteiger charge is -2.34. The molecule has 3 aromatic carbocycles. The second kappa shape index (κ2) is 16.9. The Hall–Kier alpha value is -5.90. The van der Waals surface area contributed by atoms with Crippen LogP contribution in [0.5, 0.6) is 11.5 Å². The smallest absolute Gasteiger partial charge is 0.420 e. The molecular weight excluding hydrogens is 773 g/mol. The maximum absolute atomic E-state index is 12.8. The van der Waals surface area contributed by atoms with Crippen molar-refractivity contribution in [2.75, 3.05) is 64.6 Å². The van der Waals surface area contributed by atoms with E-state index in [1.165, 1.54) is 22.9 Å². The average Bonchev–Trinajstić information content (AvgIpc) is 3.99. The minimum absolute atomic E-state index is 0.205. The number of nitrogens with two attached hydrogens (primary N) is 1. The summed E-state index contributed by atoms with van der Waals surface area (Å²) < 4.78 is 15.1. The largest absolute Gasteiger partial charge is 0.457 e. The normalized spacial score (nSPS) is 21.4. The number of piperidine rings is 3. The Bertz CT molecular complexity index is 2590. The van der Waals surface area contributed by atoms with Gasteiger partial charge in [-0.15, -0.1) is 0 Å². The number of nitrogens with one attached hydrogen (secondary N) is 1. The summed E-state index contributed by atoms with van der Waals surface area (Å²) in [6, 6.07) is 23.2. The van der Waals surface area contributed by atoms with E-state index in [1.54, 1.807) is 0 Å². The van der Waals surface area contributed by atoms with Gasteiger partial charge in [0.15, 0.2) is 11.2 Å². The number of nitrogens with zero attached hydrogens (tertiary/aromatic N) is 8. The summed E-state index contributed by atoms with van der Waals surface area (Å²) in [5, 5.41) is 8.27.